The van der Waals surface area contributed by atoms with Crippen molar-refractivity contribution in [2.24, 2.45) is 0 Å². The van der Waals surface area contributed by atoms with E-state index >= 15 is 0 Å². The van der Waals surface area contributed by atoms with Crippen molar-refractivity contribution < 1.29 is 19.1 Å². The Morgan fingerprint density at radius 2 is 1.38 bits per heavy atom. The second-order valence-electron chi connectivity index (χ2n) is 7.98. The lowest BCUT2D eigenvalue weighted by Gasteiger charge is -2.35. The molecule has 2 aromatic rings. The van der Waals surface area contributed by atoms with Gasteiger partial charge in [0.05, 0.1) is 6.61 Å². The van der Waals surface area contributed by atoms with Crippen LogP contribution in [0.5, 0.6) is 5.75 Å². The first kappa shape index (κ1) is 23.5. The number of hydrogen-bond acceptors (Lipinski definition) is 4. The topological polar surface area (TPSA) is 66.9 Å². The molecule has 0 unspecified atom stereocenters. The molecule has 6 heteroatoms. The fourth-order valence-electron chi connectivity index (χ4n) is 3.88. The van der Waals surface area contributed by atoms with E-state index in [1.54, 1.807) is 29.2 Å². The van der Waals surface area contributed by atoms with Gasteiger partial charge in [0.1, 0.15) is 5.75 Å². The maximum absolute atomic E-state index is 12.5. The number of ketones is 1. The molecule has 2 amide bonds. The first-order chi connectivity index (χ1) is 15.6. The highest BCUT2D eigenvalue weighted by Crippen LogP contribution is 2.15. The lowest BCUT2D eigenvalue weighted by Crippen LogP contribution is -2.50. The predicted octanol–water partition coefficient (Wildman–Crippen LogP) is 3.74. The smallest absolute Gasteiger partial charge is 0.223 e. The second-order valence-corrected chi connectivity index (χ2v) is 7.98. The standard InChI is InChI=1S/C26H32N2O4/c1-2-32-23-13-11-22(12-14-23)24(29)15-16-26(31)28-19-17-27(18-20-28)25(30)10-6-9-21-7-4-3-5-8-21/h3-5,7-8,11-14H,2,6,9-10,15-20H2,1H3. The molecular weight excluding hydrogens is 404 g/mol. The molecule has 0 spiro atoms. The molecule has 3 rings (SSSR count). The summed E-state index contributed by atoms with van der Waals surface area (Å²) < 4.78 is 5.39. The number of ether oxygens (including phenoxy) is 1. The molecule has 0 saturated carbocycles. The highest BCUT2D eigenvalue weighted by molar-refractivity contribution is 5.98. The predicted molar refractivity (Wildman–Crippen MR) is 124 cm³/mol. The zero-order chi connectivity index (χ0) is 22.8. The summed E-state index contributed by atoms with van der Waals surface area (Å²) in [5.74, 6) is 0.806. The molecule has 1 heterocycles. The Labute approximate surface area is 190 Å². The Morgan fingerprint density at radius 3 is 1.97 bits per heavy atom. The van der Waals surface area contributed by atoms with Crippen LogP contribution in [-0.2, 0) is 16.0 Å². The van der Waals surface area contributed by atoms with Crippen molar-refractivity contribution in [1.82, 2.24) is 9.80 Å². The van der Waals surface area contributed by atoms with Crippen molar-refractivity contribution in [3.63, 3.8) is 0 Å². The number of piperazine rings is 1. The van der Waals surface area contributed by atoms with Crippen LogP contribution in [0, 0.1) is 0 Å². The van der Waals surface area contributed by atoms with Crippen LogP contribution >= 0.6 is 0 Å². The molecule has 0 radical (unpaired) electrons. The van der Waals surface area contributed by atoms with Crippen LogP contribution in [-0.4, -0.2) is 60.2 Å². The van der Waals surface area contributed by atoms with Crippen LogP contribution in [0.3, 0.4) is 0 Å². The number of benzene rings is 2. The third-order valence-electron chi connectivity index (χ3n) is 5.74. The summed E-state index contributed by atoms with van der Waals surface area (Å²) in [6.07, 6.45) is 2.63. The molecule has 1 aliphatic heterocycles. The summed E-state index contributed by atoms with van der Waals surface area (Å²) >= 11 is 0. The summed E-state index contributed by atoms with van der Waals surface area (Å²) in [7, 11) is 0. The van der Waals surface area contributed by atoms with Crippen LogP contribution in [0.25, 0.3) is 0 Å². The highest BCUT2D eigenvalue weighted by atomic mass is 16.5. The van der Waals surface area contributed by atoms with Gasteiger partial charge in [-0.3, -0.25) is 14.4 Å². The molecule has 1 saturated heterocycles. The zero-order valence-electron chi connectivity index (χ0n) is 18.8. The van der Waals surface area contributed by atoms with E-state index in [1.165, 1.54) is 5.56 Å². The van der Waals surface area contributed by atoms with Gasteiger partial charge in [0.2, 0.25) is 11.8 Å². The van der Waals surface area contributed by atoms with Crippen LogP contribution < -0.4 is 4.74 Å². The van der Waals surface area contributed by atoms with Gasteiger partial charge in [0, 0.05) is 51.0 Å². The number of carbonyl (C=O) groups excluding carboxylic acids is 3. The summed E-state index contributed by atoms with van der Waals surface area (Å²) in [6, 6.07) is 17.2. The molecule has 0 aromatic heterocycles. The number of nitrogens with zero attached hydrogens (tertiary/aromatic N) is 2. The van der Waals surface area contributed by atoms with E-state index in [2.05, 4.69) is 12.1 Å². The van der Waals surface area contributed by atoms with E-state index < -0.39 is 0 Å². The number of aryl methyl sites for hydroxylation is 1. The average molecular weight is 437 g/mol. The fraction of sp³-hybridized carbons (Fsp3) is 0.423. The van der Waals surface area contributed by atoms with Gasteiger partial charge in [-0.1, -0.05) is 30.3 Å². The first-order valence-corrected chi connectivity index (χ1v) is 11.4. The number of carbonyl (C=O) groups is 3. The highest BCUT2D eigenvalue weighted by Gasteiger charge is 2.24. The second kappa shape index (κ2) is 12.0. The van der Waals surface area contributed by atoms with Crippen molar-refractivity contribution in [2.45, 2.75) is 39.0 Å². The van der Waals surface area contributed by atoms with Crippen molar-refractivity contribution in [1.29, 1.82) is 0 Å². The molecule has 1 aliphatic rings. The number of rotatable bonds is 10. The molecule has 0 bridgehead atoms. The van der Waals surface area contributed by atoms with Gasteiger partial charge in [-0.15, -0.1) is 0 Å². The maximum atomic E-state index is 12.5. The summed E-state index contributed by atoms with van der Waals surface area (Å²) in [5, 5.41) is 0. The normalized spacial score (nSPS) is 13.7. The Bertz CT molecular complexity index is 888. The van der Waals surface area contributed by atoms with E-state index in [9.17, 15) is 14.4 Å². The minimum atomic E-state index is -0.0476. The monoisotopic (exact) mass is 436 g/mol. The van der Waals surface area contributed by atoms with Crippen LogP contribution in [0.1, 0.15) is 48.5 Å². The van der Waals surface area contributed by atoms with Gasteiger partial charge in [0.25, 0.3) is 0 Å². The molecule has 2 aromatic carbocycles. The van der Waals surface area contributed by atoms with Crippen LogP contribution in [0.4, 0.5) is 0 Å². The Balaban J connectivity index is 1.35. The minimum Gasteiger partial charge on any atom is -0.494 e. The van der Waals surface area contributed by atoms with Gasteiger partial charge in [0.15, 0.2) is 5.78 Å². The molecule has 0 aliphatic carbocycles. The van der Waals surface area contributed by atoms with Crippen LogP contribution in [0.2, 0.25) is 0 Å². The van der Waals surface area contributed by atoms with E-state index in [1.807, 2.05) is 30.0 Å². The van der Waals surface area contributed by atoms with E-state index in [4.69, 9.17) is 4.74 Å². The Morgan fingerprint density at radius 1 is 0.781 bits per heavy atom. The van der Waals surface area contributed by atoms with E-state index in [-0.39, 0.29) is 30.4 Å². The lowest BCUT2D eigenvalue weighted by molar-refractivity contribution is -0.139. The SMILES string of the molecule is CCOc1ccc(C(=O)CCC(=O)N2CCN(C(=O)CCCc3ccccc3)CC2)cc1. The molecule has 1 fully saturated rings. The third-order valence-corrected chi connectivity index (χ3v) is 5.74. The Kier molecular flexibility index (Phi) is 8.84. The summed E-state index contributed by atoms with van der Waals surface area (Å²) in [4.78, 5) is 41.0. The molecular formula is C26H32N2O4. The largest absolute Gasteiger partial charge is 0.494 e. The van der Waals surface area contributed by atoms with Crippen molar-refractivity contribution in [3.8, 4) is 5.75 Å². The summed E-state index contributed by atoms with van der Waals surface area (Å²) in [6.45, 7) is 4.66. The first-order valence-electron chi connectivity index (χ1n) is 11.4. The molecule has 0 N–H and O–H groups in total. The van der Waals surface area contributed by atoms with E-state index in [0.717, 1.165) is 18.6 Å². The van der Waals surface area contributed by atoms with Crippen molar-refractivity contribution in [3.05, 3.63) is 65.7 Å². The molecule has 170 valence electrons. The van der Waals surface area contributed by atoms with Crippen molar-refractivity contribution >= 4 is 17.6 Å². The number of hydrogen-bond donors (Lipinski definition) is 0. The number of Topliss-reactive ketones (excluding diaryl/α,β-unsaturated/α-hetero) is 1. The van der Waals surface area contributed by atoms with Gasteiger partial charge in [-0.25, -0.2) is 0 Å². The molecule has 32 heavy (non-hydrogen) atoms. The third kappa shape index (κ3) is 6.94. The van der Waals surface area contributed by atoms with Crippen LogP contribution in [0.15, 0.2) is 54.6 Å². The number of amides is 2. The molecule has 0 atom stereocenters. The minimum absolute atomic E-state index is 0.0273. The van der Waals surface area contributed by atoms with Gasteiger partial charge in [-0.2, -0.15) is 0 Å². The fourth-order valence-corrected chi connectivity index (χ4v) is 3.88. The Hall–Kier alpha value is -3.15. The maximum Gasteiger partial charge on any atom is 0.223 e. The lowest BCUT2D eigenvalue weighted by atomic mass is 10.1. The van der Waals surface area contributed by atoms with Gasteiger partial charge < -0.3 is 14.5 Å². The molecule has 6 nitrogen and oxygen atoms in total. The van der Waals surface area contributed by atoms with Crippen molar-refractivity contribution in [2.75, 3.05) is 32.8 Å². The van der Waals surface area contributed by atoms with Gasteiger partial charge in [-0.05, 0) is 49.6 Å². The average Bonchev–Trinajstić information content (AvgIpc) is 2.83. The van der Waals surface area contributed by atoms with Gasteiger partial charge >= 0.3 is 0 Å². The quantitative estimate of drug-likeness (QED) is 0.532. The van der Waals surface area contributed by atoms with E-state index in [0.29, 0.717) is 44.8 Å². The summed E-state index contributed by atoms with van der Waals surface area (Å²) in [5.41, 5.74) is 1.84. The zero-order valence-corrected chi connectivity index (χ0v) is 18.8.